The van der Waals surface area contributed by atoms with Gasteiger partial charge in [0.15, 0.2) is 0 Å². The van der Waals surface area contributed by atoms with E-state index in [1.54, 1.807) is 11.8 Å². The second kappa shape index (κ2) is 3.19. The molecule has 0 bridgehead atoms. The maximum absolute atomic E-state index is 10.2. The Balaban J connectivity index is 2.29. The van der Waals surface area contributed by atoms with Crippen LogP contribution in [0.1, 0.15) is 0 Å². The summed E-state index contributed by atoms with van der Waals surface area (Å²) in [7, 11) is 0. The molecule has 0 N–H and O–H groups in total. The molecule has 0 saturated heterocycles. The summed E-state index contributed by atoms with van der Waals surface area (Å²) in [4.78, 5) is 13.5. The van der Waals surface area contributed by atoms with Crippen molar-refractivity contribution in [1.82, 2.24) is 0 Å². The highest BCUT2D eigenvalue weighted by molar-refractivity contribution is 7.99. The Bertz CT molecular complexity index is 300. The first-order valence-electron chi connectivity index (χ1n) is 3.73. The van der Waals surface area contributed by atoms with Gasteiger partial charge in [0, 0.05) is 4.90 Å². The van der Waals surface area contributed by atoms with Crippen LogP contribution in [0.5, 0.6) is 0 Å². The third-order valence-electron chi connectivity index (χ3n) is 1.84. The van der Waals surface area contributed by atoms with Crippen LogP contribution < -0.4 is 4.90 Å². The summed E-state index contributed by atoms with van der Waals surface area (Å²) in [6.45, 7) is 0.379. The number of hydrogen-bond donors (Lipinski definition) is 0. The number of para-hydroxylation sites is 1. The Kier molecular flexibility index (Phi) is 2.04. The largest absolute Gasteiger partial charge is 0.353 e. The predicted octanol–water partition coefficient (Wildman–Crippen LogP) is 1.67. The second-order valence-electron chi connectivity index (χ2n) is 2.58. The van der Waals surface area contributed by atoms with E-state index in [9.17, 15) is 4.79 Å². The van der Waals surface area contributed by atoms with Crippen molar-refractivity contribution < 1.29 is 4.79 Å². The molecule has 1 heterocycles. The van der Waals surface area contributed by atoms with Crippen LogP contribution in [0.4, 0.5) is 5.69 Å². The van der Waals surface area contributed by atoms with Crippen molar-refractivity contribution in [2.75, 3.05) is 17.3 Å². The number of fused-ring (bicyclic) bond motifs is 1. The van der Waals surface area contributed by atoms with Crippen molar-refractivity contribution in [2.45, 2.75) is 4.90 Å². The molecule has 1 aliphatic heterocycles. The SMILES string of the molecule is O=[C]CN1CSc2ccccc21. The van der Waals surface area contributed by atoms with Crippen molar-refractivity contribution in [3.05, 3.63) is 24.3 Å². The lowest BCUT2D eigenvalue weighted by atomic mass is 10.3. The van der Waals surface area contributed by atoms with Gasteiger partial charge in [-0.15, -0.1) is 11.8 Å². The van der Waals surface area contributed by atoms with Gasteiger partial charge in [-0.05, 0) is 12.1 Å². The quantitative estimate of drug-likeness (QED) is 0.687. The van der Waals surface area contributed by atoms with E-state index in [2.05, 4.69) is 6.07 Å². The lowest BCUT2D eigenvalue weighted by Gasteiger charge is -2.13. The molecule has 0 saturated carbocycles. The molecule has 61 valence electrons. The molecule has 2 rings (SSSR count). The van der Waals surface area contributed by atoms with Crippen LogP contribution in [0.25, 0.3) is 0 Å². The van der Waals surface area contributed by atoms with Crippen LogP contribution >= 0.6 is 11.8 Å². The van der Waals surface area contributed by atoms with E-state index >= 15 is 0 Å². The summed E-state index contributed by atoms with van der Waals surface area (Å²) in [6, 6.07) is 8.11. The van der Waals surface area contributed by atoms with Gasteiger partial charge in [0.2, 0.25) is 6.29 Å². The smallest absolute Gasteiger partial charge is 0.219 e. The minimum absolute atomic E-state index is 0.379. The van der Waals surface area contributed by atoms with Crippen LogP contribution in [0.3, 0.4) is 0 Å². The molecule has 0 amide bonds. The fraction of sp³-hybridized carbons (Fsp3) is 0.222. The summed E-state index contributed by atoms with van der Waals surface area (Å²) < 4.78 is 0. The molecule has 0 spiro atoms. The van der Waals surface area contributed by atoms with Crippen LogP contribution in [0.15, 0.2) is 29.2 Å². The van der Waals surface area contributed by atoms with Crippen LogP contribution in [0, 0.1) is 0 Å². The third-order valence-corrected chi connectivity index (χ3v) is 2.93. The fourth-order valence-electron chi connectivity index (χ4n) is 1.27. The molecule has 3 heteroatoms. The lowest BCUT2D eigenvalue weighted by molar-refractivity contribution is 0.555. The number of rotatable bonds is 2. The molecule has 2 nitrogen and oxygen atoms in total. The van der Waals surface area contributed by atoms with E-state index in [0.717, 1.165) is 11.6 Å². The van der Waals surface area contributed by atoms with Gasteiger partial charge in [0.1, 0.15) is 0 Å². The van der Waals surface area contributed by atoms with Gasteiger partial charge in [-0.2, -0.15) is 0 Å². The highest BCUT2D eigenvalue weighted by atomic mass is 32.2. The number of hydrogen-bond acceptors (Lipinski definition) is 3. The van der Waals surface area contributed by atoms with E-state index in [1.807, 2.05) is 29.4 Å². The Morgan fingerprint density at radius 1 is 1.50 bits per heavy atom. The fourth-order valence-corrected chi connectivity index (χ4v) is 2.31. The average molecular weight is 178 g/mol. The van der Waals surface area contributed by atoms with Gasteiger partial charge in [-0.25, -0.2) is 0 Å². The van der Waals surface area contributed by atoms with Crippen LogP contribution in [-0.2, 0) is 4.79 Å². The summed E-state index contributed by atoms with van der Waals surface area (Å²) in [6.07, 6.45) is 1.91. The minimum atomic E-state index is 0.379. The van der Waals surface area contributed by atoms with Crippen molar-refractivity contribution >= 4 is 23.7 Å². The third kappa shape index (κ3) is 1.20. The van der Waals surface area contributed by atoms with Crippen LogP contribution in [0.2, 0.25) is 0 Å². The minimum Gasteiger partial charge on any atom is -0.353 e. The summed E-state index contributed by atoms with van der Waals surface area (Å²) in [5, 5.41) is 0. The molecule has 1 radical (unpaired) electrons. The van der Waals surface area contributed by atoms with Gasteiger partial charge < -0.3 is 4.90 Å². The molecular weight excluding hydrogens is 170 g/mol. The second-order valence-corrected chi connectivity index (χ2v) is 3.57. The number of thioether (sulfide) groups is 1. The molecule has 1 aromatic carbocycles. The molecule has 0 fully saturated rings. The topological polar surface area (TPSA) is 20.3 Å². The molecule has 0 aromatic heterocycles. The van der Waals surface area contributed by atoms with Crippen molar-refractivity contribution in [2.24, 2.45) is 0 Å². The lowest BCUT2D eigenvalue weighted by Crippen LogP contribution is -2.20. The molecular formula is C9H8NOS. The zero-order chi connectivity index (χ0) is 8.39. The Labute approximate surface area is 75.6 Å². The number of nitrogens with zero attached hydrogens (tertiary/aromatic N) is 1. The first kappa shape index (κ1) is 7.68. The monoisotopic (exact) mass is 178 g/mol. The summed E-state index contributed by atoms with van der Waals surface area (Å²) in [5.41, 5.74) is 1.16. The number of benzene rings is 1. The van der Waals surface area contributed by atoms with Gasteiger partial charge in [0.05, 0.1) is 18.1 Å². The summed E-state index contributed by atoms with van der Waals surface area (Å²) >= 11 is 1.76. The van der Waals surface area contributed by atoms with Crippen LogP contribution in [-0.4, -0.2) is 18.7 Å². The van der Waals surface area contributed by atoms with Crippen molar-refractivity contribution in [1.29, 1.82) is 0 Å². The van der Waals surface area contributed by atoms with Gasteiger partial charge in [-0.1, -0.05) is 12.1 Å². The maximum atomic E-state index is 10.2. The van der Waals surface area contributed by atoms with E-state index in [-0.39, 0.29) is 0 Å². The van der Waals surface area contributed by atoms with E-state index in [4.69, 9.17) is 0 Å². The van der Waals surface area contributed by atoms with E-state index in [1.165, 1.54) is 4.90 Å². The molecule has 1 aliphatic rings. The standard InChI is InChI=1S/C9H8NOS/c11-6-5-10-7-12-9-4-2-1-3-8(9)10/h1-4H,5,7H2. The molecule has 0 atom stereocenters. The zero-order valence-electron chi connectivity index (χ0n) is 6.49. The van der Waals surface area contributed by atoms with Crippen molar-refractivity contribution in [3.8, 4) is 0 Å². The normalized spacial score (nSPS) is 14.5. The van der Waals surface area contributed by atoms with Crippen molar-refractivity contribution in [3.63, 3.8) is 0 Å². The first-order chi connectivity index (χ1) is 5.92. The van der Waals surface area contributed by atoms with E-state index < -0.39 is 0 Å². The first-order valence-corrected chi connectivity index (χ1v) is 4.72. The highest BCUT2D eigenvalue weighted by Gasteiger charge is 2.17. The average Bonchev–Trinajstić information content (AvgIpc) is 2.50. The maximum Gasteiger partial charge on any atom is 0.219 e. The van der Waals surface area contributed by atoms with Gasteiger partial charge in [-0.3, -0.25) is 4.79 Å². The highest BCUT2D eigenvalue weighted by Crippen LogP contribution is 2.37. The molecule has 0 aliphatic carbocycles. The number of anilines is 1. The molecule has 0 unspecified atom stereocenters. The number of carbonyl (C=O) groups excluding carboxylic acids is 1. The predicted molar refractivity (Wildman–Crippen MR) is 50.2 cm³/mol. The van der Waals surface area contributed by atoms with Gasteiger partial charge in [0.25, 0.3) is 0 Å². The molecule has 1 aromatic rings. The summed E-state index contributed by atoms with van der Waals surface area (Å²) in [5.74, 6) is 0.870. The molecule has 12 heavy (non-hydrogen) atoms. The Morgan fingerprint density at radius 3 is 3.17 bits per heavy atom. The Morgan fingerprint density at radius 2 is 2.33 bits per heavy atom. The van der Waals surface area contributed by atoms with Gasteiger partial charge >= 0.3 is 0 Å². The van der Waals surface area contributed by atoms with E-state index in [0.29, 0.717) is 6.54 Å². The Hall–Kier alpha value is -0.960. The zero-order valence-corrected chi connectivity index (χ0v) is 7.30.